The first-order chi connectivity index (χ1) is 14.4. The molecule has 10 heteroatoms. The van der Waals surface area contributed by atoms with Crippen LogP contribution in [0.3, 0.4) is 0 Å². The van der Waals surface area contributed by atoms with Crippen LogP contribution in [0.2, 0.25) is 0 Å². The van der Waals surface area contributed by atoms with Crippen molar-refractivity contribution in [1.82, 2.24) is 24.5 Å². The van der Waals surface area contributed by atoms with Crippen LogP contribution in [0.4, 0.5) is 17.6 Å². The van der Waals surface area contributed by atoms with Gasteiger partial charge in [-0.1, -0.05) is 0 Å². The molecule has 0 amide bonds. The second kappa shape index (κ2) is 8.17. The second-order valence-corrected chi connectivity index (χ2v) is 7.52. The third kappa shape index (κ3) is 4.09. The molecule has 0 spiro atoms. The van der Waals surface area contributed by atoms with Crippen LogP contribution in [0.1, 0.15) is 24.1 Å². The fourth-order valence-corrected chi connectivity index (χ4v) is 4.02. The van der Waals surface area contributed by atoms with E-state index in [0.29, 0.717) is 36.3 Å². The van der Waals surface area contributed by atoms with Gasteiger partial charge in [0.1, 0.15) is 18.1 Å². The van der Waals surface area contributed by atoms with E-state index in [9.17, 15) is 22.7 Å². The van der Waals surface area contributed by atoms with Crippen molar-refractivity contribution in [2.75, 3.05) is 26.3 Å². The zero-order valence-electron chi connectivity index (χ0n) is 16.1. The van der Waals surface area contributed by atoms with E-state index >= 15 is 0 Å². The van der Waals surface area contributed by atoms with E-state index in [1.54, 1.807) is 16.8 Å². The quantitative estimate of drug-likeness (QED) is 0.634. The molecule has 0 aliphatic carbocycles. The largest absolute Gasteiger partial charge is 0.507 e. The Bertz CT molecular complexity index is 1030. The van der Waals surface area contributed by atoms with Crippen LogP contribution >= 0.6 is 0 Å². The van der Waals surface area contributed by atoms with Crippen molar-refractivity contribution < 1.29 is 22.7 Å². The molecule has 1 N–H and O–H groups in total. The number of piperidine rings is 1. The van der Waals surface area contributed by atoms with Crippen molar-refractivity contribution in [3.63, 3.8) is 0 Å². The van der Waals surface area contributed by atoms with Crippen molar-refractivity contribution in [1.29, 1.82) is 0 Å². The average Bonchev–Trinajstić information content (AvgIpc) is 3.19. The minimum atomic E-state index is -4.55. The van der Waals surface area contributed by atoms with Gasteiger partial charge >= 0.3 is 6.18 Å². The summed E-state index contributed by atoms with van der Waals surface area (Å²) in [4.78, 5) is 6.43. The molecule has 3 aromatic rings. The number of nitrogens with zero attached hydrogens (tertiary/aromatic N) is 5. The molecular weight excluding hydrogens is 402 g/mol. The van der Waals surface area contributed by atoms with E-state index in [1.807, 2.05) is 0 Å². The van der Waals surface area contributed by atoms with E-state index in [1.165, 1.54) is 6.07 Å². The molecule has 160 valence electrons. The van der Waals surface area contributed by atoms with Gasteiger partial charge < -0.3 is 10.0 Å². The summed E-state index contributed by atoms with van der Waals surface area (Å²) in [6.45, 7) is 1.71. The van der Waals surface area contributed by atoms with Crippen molar-refractivity contribution in [2.24, 2.45) is 5.92 Å². The van der Waals surface area contributed by atoms with Gasteiger partial charge in [-0.3, -0.25) is 4.40 Å². The Balaban J connectivity index is 1.63. The molecule has 1 atom stereocenters. The molecule has 0 bridgehead atoms. The van der Waals surface area contributed by atoms with Gasteiger partial charge in [0.2, 0.25) is 0 Å². The van der Waals surface area contributed by atoms with Gasteiger partial charge in [0.15, 0.2) is 11.5 Å². The molecule has 0 saturated carbocycles. The molecule has 0 radical (unpaired) electrons. The first-order valence-electron chi connectivity index (χ1n) is 9.74. The Labute approximate surface area is 170 Å². The molecule has 1 fully saturated rings. The maximum atomic E-state index is 12.9. The van der Waals surface area contributed by atoms with Gasteiger partial charge in [-0.15, -0.1) is 10.2 Å². The Kier molecular flexibility index (Phi) is 5.59. The highest BCUT2D eigenvalue weighted by Gasteiger charge is 2.31. The number of likely N-dealkylation sites (tertiary alicyclic amines) is 1. The number of hydrogen-bond donors (Lipinski definition) is 1. The molecule has 1 unspecified atom stereocenters. The lowest BCUT2D eigenvalue weighted by Gasteiger charge is -2.31. The third-order valence-corrected chi connectivity index (χ3v) is 5.44. The molecule has 3 heterocycles. The zero-order valence-corrected chi connectivity index (χ0v) is 16.1. The van der Waals surface area contributed by atoms with E-state index < -0.39 is 17.5 Å². The first kappa shape index (κ1) is 20.5. The Hall–Kier alpha value is -2.75. The van der Waals surface area contributed by atoms with E-state index in [4.69, 9.17) is 0 Å². The third-order valence-electron chi connectivity index (χ3n) is 5.44. The molecule has 1 aliphatic rings. The van der Waals surface area contributed by atoms with Gasteiger partial charge in [-0.2, -0.15) is 13.2 Å². The predicted molar refractivity (Wildman–Crippen MR) is 102 cm³/mol. The predicted octanol–water partition coefficient (Wildman–Crippen LogP) is 3.74. The Morgan fingerprint density at radius 2 is 2.03 bits per heavy atom. The van der Waals surface area contributed by atoms with Crippen molar-refractivity contribution in [3.8, 4) is 17.1 Å². The lowest BCUT2D eigenvalue weighted by Crippen LogP contribution is -2.37. The number of fused-ring (bicyclic) bond motifs is 1. The summed E-state index contributed by atoms with van der Waals surface area (Å²) >= 11 is 0. The summed E-state index contributed by atoms with van der Waals surface area (Å²) < 4.78 is 52.9. The van der Waals surface area contributed by atoms with E-state index in [2.05, 4.69) is 20.1 Å². The van der Waals surface area contributed by atoms with Gasteiger partial charge in [0.05, 0.1) is 11.1 Å². The van der Waals surface area contributed by atoms with Crippen molar-refractivity contribution in [3.05, 3.63) is 41.9 Å². The molecule has 6 nitrogen and oxygen atoms in total. The molecule has 30 heavy (non-hydrogen) atoms. The van der Waals surface area contributed by atoms with Crippen LogP contribution < -0.4 is 0 Å². The number of aromatic hydroxyl groups is 1. The minimum absolute atomic E-state index is 0.136. The molecule has 1 saturated heterocycles. The van der Waals surface area contributed by atoms with Crippen LogP contribution in [0.25, 0.3) is 17.0 Å². The number of hydrogen-bond acceptors (Lipinski definition) is 5. The molecular formula is C20H21F4N5O. The number of benzene rings is 1. The summed E-state index contributed by atoms with van der Waals surface area (Å²) in [7, 11) is 0. The fraction of sp³-hybridized carbons (Fsp3) is 0.450. The standard InChI is InChI=1S/C20H21F4N5O/c21-5-8-28-7-1-2-13(12-28)10-16-19-25-6-9-29(19)18(27-26-16)15-4-3-14(11-17(15)30)20(22,23)24/h3-4,6,9,11,13,30H,1-2,5,7-8,10,12H2. The maximum Gasteiger partial charge on any atom is 0.416 e. The lowest BCUT2D eigenvalue weighted by atomic mass is 9.93. The van der Waals surface area contributed by atoms with Crippen LogP contribution in [0, 0.1) is 5.92 Å². The average molecular weight is 423 g/mol. The van der Waals surface area contributed by atoms with Crippen LogP contribution in [-0.2, 0) is 12.6 Å². The van der Waals surface area contributed by atoms with Gasteiger partial charge in [0.25, 0.3) is 0 Å². The number of phenolic OH excluding ortho intramolecular Hbond substituents is 1. The SMILES string of the molecule is Oc1cc(C(F)(F)F)ccc1-c1nnc(CC2CCCN(CCF)C2)c2nccn12. The van der Waals surface area contributed by atoms with Crippen LogP contribution in [0.15, 0.2) is 30.6 Å². The minimum Gasteiger partial charge on any atom is -0.507 e. The normalized spacial score (nSPS) is 18.2. The highest BCUT2D eigenvalue weighted by molar-refractivity contribution is 5.67. The lowest BCUT2D eigenvalue weighted by molar-refractivity contribution is -0.137. The summed E-state index contributed by atoms with van der Waals surface area (Å²) in [5.74, 6) is -0.0263. The van der Waals surface area contributed by atoms with Gasteiger partial charge in [0, 0.05) is 25.5 Å². The Morgan fingerprint density at radius 3 is 2.77 bits per heavy atom. The number of halogens is 4. The number of aromatic nitrogens is 4. The highest BCUT2D eigenvalue weighted by atomic mass is 19.4. The van der Waals surface area contributed by atoms with Gasteiger partial charge in [-0.25, -0.2) is 9.37 Å². The second-order valence-electron chi connectivity index (χ2n) is 7.52. The summed E-state index contributed by atoms with van der Waals surface area (Å²) in [5.41, 5.74) is 0.409. The number of alkyl halides is 4. The van der Waals surface area contributed by atoms with Crippen LogP contribution in [-0.4, -0.2) is 55.9 Å². The van der Waals surface area contributed by atoms with E-state index in [0.717, 1.165) is 32.0 Å². The van der Waals surface area contributed by atoms with Gasteiger partial charge in [-0.05, 0) is 49.9 Å². The first-order valence-corrected chi connectivity index (χ1v) is 9.74. The number of rotatable bonds is 5. The van der Waals surface area contributed by atoms with E-state index in [-0.39, 0.29) is 18.1 Å². The fourth-order valence-electron chi connectivity index (χ4n) is 4.02. The molecule has 4 rings (SSSR count). The Morgan fingerprint density at radius 1 is 1.20 bits per heavy atom. The molecule has 1 aromatic carbocycles. The molecule has 1 aliphatic heterocycles. The topological polar surface area (TPSA) is 66.6 Å². The monoisotopic (exact) mass is 423 g/mol. The summed E-state index contributed by atoms with van der Waals surface area (Å²) in [6.07, 6.45) is 1.25. The highest BCUT2D eigenvalue weighted by Crippen LogP contribution is 2.36. The molecule has 2 aromatic heterocycles. The summed E-state index contributed by atoms with van der Waals surface area (Å²) in [6, 6.07) is 2.75. The summed E-state index contributed by atoms with van der Waals surface area (Å²) in [5, 5.41) is 18.6. The number of phenols is 1. The van der Waals surface area contributed by atoms with Crippen molar-refractivity contribution in [2.45, 2.75) is 25.4 Å². The number of imidazole rings is 1. The zero-order chi connectivity index (χ0) is 21.3. The van der Waals surface area contributed by atoms with Crippen molar-refractivity contribution >= 4 is 5.65 Å². The van der Waals surface area contributed by atoms with Crippen LogP contribution in [0.5, 0.6) is 5.75 Å². The maximum absolute atomic E-state index is 12.9. The smallest absolute Gasteiger partial charge is 0.416 e.